The lowest BCUT2D eigenvalue weighted by atomic mass is 9.79. The average Bonchev–Trinajstić information content (AvgIpc) is 3.03. The molecule has 1 unspecified atom stereocenters. The third-order valence-corrected chi connectivity index (χ3v) is 4.33. The van der Waals surface area contributed by atoms with E-state index in [0.29, 0.717) is 18.0 Å². The highest BCUT2D eigenvalue weighted by molar-refractivity contribution is 5.81. The molecule has 6 nitrogen and oxygen atoms in total. The van der Waals surface area contributed by atoms with Crippen molar-refractivity contribution < 1.29 is 5.11 Å². The molecule has 3 N–H and O–H groups in total. The van der Waals surface area contributed by atoms with Crippen LogP contribution in [0.2, 0.25) is 0 Å². The standard InChI is InChI=1S/C16H17N5O/c22-16(7-3-5-11-4-1-2-6-12(11)16)8-17-14-13-15(19-9-18-13)21-10-20-14/h1-2,4,6,9-10,22H,3,5,7-8H2,(H2,17,18,19,20,21). The lowest BCUT2D eigenvalue weighted by molar-refractivity contribution is 0.0322. The number of aromatic nitrogens is 4. The van der Waals surface area contributed by atoms with E-state index in [-0.39, 0.29) is 0 Å². The molecule has 1 aromatic carbocycles. The zero-order chi connectivity index (χ0) is 15.0. The number of H-pyrrole nitrogens is 1. The Morgan fingerprint density at radius 3 is 3.09 bits per heavy atom. The summed E-state index contributed by atoms with van der Waals surface area (Å²) in [6, 6.07) is 8.11. The summed E-state index contributed by atoms with van der Waals surface area (Å²) in [5.74, 6) is 0.666. The van der Waals surface area contributed by atoms with Gasteiger partial charge in [0.15, 0.2) is 11.5 Å². The molecule has 0 aliphatic heterocycles. The van der Waals surface area contributed by atoms with Crippen molar-refractivity contribution in [1.82, 2.24) is 19.9 Å². The fourth-order valence-corrected chi connectivity index (χ4v) is 3.21. The summed E-state index contributed by atoms with van der Waals surface area (Å²) in [5, 5.41) is 14.3. The van der Waals surface area contributed by atoms with Crippen LogP contribution in [0.1, 0.15) is 24.0 Å². The van der Waals surface area contributed by atoms with Crippen LogP contribution in [0.4, 0.5) is 5.82 Å². The minimum atomic E-state index is -0.869. The predicted molar refractivity (Wildman–Crippen MR) is 83.5 cm³/mol. The molecular weight excluding hydrogens is 278 g/mol. The first kappa shape index (κ1) is 13.2. The van der Waals surface area contributed by atoms with Gasteiger partial charge in [0, 0.05) is 6.54 Å². The summed E-state index contributed by atoms with van der Waals surface area (Å²) in [4.78, 5) is 15.5. The van der Waals surface area contributed by atoms with E-state index in [9.17, 15) is 5.11 Å². The first-order chi connectivity index (χ1) is 10.8. The maximum Gasteiger partial charge on any atom is 0.182 e. The Hall–Kier alpha value is -2.47. The maximum atomic E-state index is 11.1. The van der Waals surface area contributed by atoms with Crippen LogP contribution in [-0.4, -0.2) is 31.6 Å². The van der Waals surface area contributed by atoms with E-state index in [1.165, 1.54) is 11.9 Å². The molecule has 2 aromatic heterocycles. The van der Waals surface area contributed by atoms with E-state index in [0.717, 1.165) is 30.3 Å². The van der Waals surface area contributed by atoms with Gasteiger partial charge in [-0.15, -0.1) is 0 Å². The van der Waals surface area contributed by atoms with Crippen molar-refractivity contribution in [2.24, 2.45) is 0 Å². The first-order valence-electron chi connectivity index (χ1n) is 7.45. The van der Waals surface area contributed by atoms with E-state index in [4.69, 9.17) is 0 Å². The molecule has 0 bridgehead atoms. The number of aryl methyl sites for hydroxylation is 1. The normalized spacial score (nSPS) is 20.8. The van der Waals surface area contributed by atoms with Crippen LogP contribution in [0.5, 0.6) is 0 Å². The molecule has 3 aromatic rings. The van der Waals surface area contributed by atoms with Crippen LogP contribution in [-0.2, 0) is 12.0 Å². The largest absolute Gasteiger partial charge is 0.383 e. The maximum absolute atomic E-state index is 11.1. The van der Waals surface area contributed by atoms with Crippen LogP contribution >= 0.6 is 0 Å². The minimum Gasteiger partial charge on any atom is -0.383 e. The van der Waals surface area contributed by atoms with Crippen molar-refractivity contribution in [3.8, 4) is 0 Å². The third-order valence-electron chi connectivity index (χ3n) is 4.33. The average molecular weight is 295 g/mol. The Morgan fingerprint density at radius 2 is 2.14 bits per heavy atom. The Morgan fingerprint density at radius 1 is 1.23 bits per heavy atom. The molecular formula is C16H17N5O. The fourth-order valence-electron chi connectivity index (χ4n) is 3.21. The predicted octanol–water partition coefficient (Wildman–Crippen LogP) is 1.99. The Bertz CT molecular complexity index is 815. The number of hydrogen-bond acceptors (Lipinski definition) is 5. The molecule has 4 rings (SSSR count). The van der Waals surface area contributed by atoms with Crippen LogP contribution in [0.15, 0.2) is 36.9 Å². The zero-order valence-corrected chi connectivity index (χ0v) is 12.1. The second-order valence-electron chi connectivity index (χ2n) is 5.72. The third kappa shape index (κ3) is 2.12. The second kappa shape index (κ2) is 5.06. The van der Waals surface area contributed by atoms with Gasteiger partial charge in [0.25, 0.3) is 0 Å². The summed E-state index contributed by atoms with van der Waals surface area (Å²) in [7, 11) is 0. The van der Waals surface area contributed by atoms with E-state index in [2.05, 4.69) is 31.3 Å². The Labute approximate surface area is 127 Å². The number of benzene rings is 1. The number of rotatable bonds is 3. The number of hydrogen-bond donors (Lipinski definition) is 3. The van der Waals surface area contributed by atoms with Gasteiger partial charge in [-0.25, -0.2) is 15.0 Å². The number of nitrogens with one attached hydrogen (secondary N) is 2. The monoisotopic (exact) mass is 295 g/mol. The Balaban J connectivity index is 1.63. The summed E-state index contributed by atoms with van der Waals surface area (Å²) in [5.41, 5.74) is 2.76. The topological polar surface area (TPSA) is 86.7 Å². The van der Waals surface area contributed by atoms with Crippen LogP contribution in [0.25, 0.3) is 11.2 Å². The van der Waals surface area contributed by atoms with Gasteiger partial charge in [-0.05, 0) is 30.4 Å². The number of fused-ring (bicyclic) bond motifs is 2. The molecule has 1 atom stereocenters. The molecule has 0 saturated heterocycles. The van der Waals surface area contributed by atoms with Crippen molar-refractivity contribution in [2.45, 2.75) is 24.9 Å². The summed E-state index contributed by atoms with van der Waals surface area (Å²) in [6.07, 6.45) is 5.82. The minimum absolute atomic E-state index is 0.412. The first-order valence-corrected chi connectivity index (χ1v) is 7.45. The number of aliphatic hydroxyl groups is 1. The van der Waals surface area contributed by atoms with E-state index in [1.807, 2.05) is 18.2 Å². The second-order valence-corrected chi connectivity index (χ2v) is 5.72. The molecule has 1 aliphatic rings. The molecule has 0 fully saturated rings. The van der Waals surface area contributed by atoms with Gasteiger partial charge >= 0.3 is 0 Å². The molecule has 22 heavy (non-hydrogen) atoms. The fraction of sp³-hybridized carbons (Fsp3) is 0.312. The summed E-state index contributed by atoms with van der Waals surface area (Å²) in [6.45, 7) is 0.412. The lowest BCUT2D eigenvalue weighted by Gasteiger charge is -2.34. The smallest absolute Gasteiger partial charge is 0.182 e. The van der Waals surface area contributed by atoms with Gasteiger partial charge in [0.2, 0.25) is 0 Å². The molecule has 0 amide bonds. The van der Waals surface area contributed by atoms with Crippen molar-refractivity contribution in [1.29, 1.82) is 0 Å². The van der Waals surface area contributed by atoms with E-state index >= 15 is 0 Å². The number of aromatic amines is 1. The molecule has 0 saturated carbocycles. The SMILES string of the molecule is OC1(CNc2ncnc3nc[nH]c23)CCCc2ccccc21. The van der Waals surface area contributed by atoms with E-state index in [1.54, 1.807) is 6.33 Å². The zero-order valence-electron chi connectivity index (χ0n) is 12.1. The molecule has 112 valence electrons. The summed E-state index contributed by atoms with van der Waals surface area (Å²) >= 11 is 0. The highest BCUT2D eigenvalue weighted by atomic mass is 16.3. The molecule has 6 heteroatoms. The van der Waals surface area contributed by atoms with Gasteiger partial charge in [-0.3, -0.25) is 0 Å². The van der Waals surface area contributed by atoms with E-state index < -0.39 is 5.60 Å². The quantitative estimate of drug-likeness (QED) is 0.688. The summed E-state index contributed by atoms with van der Waals surface area (Å²) < 4.78 is 0. The van der Waals surface area contributed by atoms with Gasteiger partial charge < -0.3 is 15.4 Å². The van der Waals surface area contributed by atoms with Gasteiger partial charge in [0.1, 0.15) is 17.4 Å². The molecule has 2 heterocycles. The van der Waals surface area contributed by atoms with Crippen LogP contribution < -0.4 is 5.32 Å². The van der Waals surface area contributed by atoms with Gasteiger partial charge in [-0.1, -0.05) is 24.3 Å². The van der Waals surface area contributed by atoms with Crippen molar-refractivity contribution in [3.05, 3.63) is 48.0 Å². The van der Waals surface area contributed by atoms with Crippen LogP contribution in [0, 0.1) is 0 Å². The number of nitrogens with zero attached hydrogens (tertiary/aromatic N) is 3. The lowest BCUT2D eigenvalue weighted by Crippen LogP contribution is -2.37. The van der Waals surface area contributed by atoms with Crippen molar-refractivity contribution >= 4 is 17.0 Å². The highest BCUT2D eigenvalue weighted by Crippen LogP contribution is 2.35. The van der Waals surface area contributed by atoms with Crippen LogP contribution in [0.3, 0.4) is 0 Å². The Kier molecular flexibility index (Phi) is 3.04. The molecule has 1 aliphatic carbocycles. The van der Waals surface area contributed by atoms with Crippen molar-refractivity contribution in [2.75, 3.05) is 11.9 Å². The molecule has 0 spiro atoms. The highest BCUT2D eigenvalue weighted by Gasteiger charge is 2.34. The van der Waals surface area contributed by atoms with Gasteiger partial charge in [0.05, 0.1) is 6.33 Å². The number of anilines is 1. The van der Waals surface area contributed by atoms with Crippen molar-refractivity contribution in [3.63, 3.8) is 0 Å². The van der Waals surface area contributed by atoms with Gasteiger partial charge in [-0.2, -0.15) is 0 Å². The molecule has 0 radical (unpaired) electrons. The number of imidazole rings is 1.